The molecule has 0 bridgehead atoms. The molecule has 0 amide bonds. The number of carboxylic acids is 2. The Balaban J connectivity index is 0.000000454. The Morgan fingerprint density at radius 1 is 1.08 bits per heavy atom. The molecule has 13 heteroatoms. The Hall–Kier alpha value is -3.25. The van der Waals surface area contributed by atoms with E-state index in [1.165, 1.54) is 37.4 Å². The molecule has 3 N–H and O–H groups in total. The molecule has 1 saturated carbocycles. The highest BCUT2D eigenvalue weighted by Crippen LogP contribution is 2.38. The average molecular weight is 544 g/mol. The number of carbonyl (C=O) groups is 2. The number of alkyl halides is 3. The molecule has 0 saturated heterocycles. The second kappa shape index (κ2) is 12.1. The molecule has 2 aromatic carbocycles. The van der Waals surface area contributed by atoms with Gasteiger partial charge in [0.2, 0.25) is 5.69 Å². The van der Waals surface area contributed by atoms with E-state index in [1.54, 1.807) is 0 Å². The molecular weight excluding hydrogens is 523 g/mol. The van der Waals surface area contributed by atoms with E-state index in [0.29, 0.717) is 22.6 Å². The minimum absolute atomic E-state index is 0.0924. The van der Waals surface area contributed by atoms with Crippen LogP contribution in [0.2, 0.25) is 5.02 Å². The number of aliphatic carboxylic acids is 1. The number of H-pyrrole nitrogens is 1. The number of aromatic carboxylic acids is 1. The molecule has 1 aromatic heterocycles. The number of hydrogen-bond donors (Lipinski definition) is 3. The van der Waals surface area contributed by atoms with Crippen LogP contribution in [0, 0.1) is 5.92 Å². The van der Waals surface area contributed by atoms with E-state index < -0.39 is 18.1 Å². The zero-order valence-corrected chi connectivity index (χ0v) is 20.2. The Bertz CT molecular complexity index is 1200. The second-order valence-corrected chi connectivity index (χ2v) is 9.31. The zero-order chi connectivity index (χ0) is 26.3. The summed E-state index contributed by atoms with van der Waals surface area (Å²) in [7, 11) is 0. The molecule has 4 rings (SSSR count). The highest BCUT2D eigenvalue weighted by atomic mass is 35.5. The Labute approximate surface area is 212 Å². The maximum Gasteiger partial charge on any atom is 0.490 e. The number of ether oxygens (including phenoxy) is 1. The number of halogens is 4. The third-order valence-corrected chi connectivity index (χ3v) is 6.45. The fourth-order valence-electron chi connectivity index (χ4n) is 3.48. The predicted molar refractivity (Wildman–Crippen MR) is 125 cm³/mol. The molecule has 192 valence electrons. The first-order chi connectivity index (χ1) is 17.0. The molecule has 0 spiro atoms. The number of carboxylic acid groups (broad SMARTS) is 2. The molecule has 8 nitrogen and oxygen atoms in total. The van der Waals surface area contributed by atoms with Crippen molar-refractivity contribution in [1.82, 2.24) is 15.4 Å². The van der Waals surface area contributed by atoms with E-state index in [4.69, 9.17) is 26.2 Å². The van der Waals surface area contributed by atoms with Crippen molar-refractivity contribution in [3.05, 3.63) is 53.2 Å². The van der Waals surface area contributed by atoms with Gasteiger partial charge in [-0.25, -0.2) is 9.59 Å². The normalized spacial score (nSPS) is 13.7. The van der Waals surface area contributed by atoms with E-state index in [-0.39, 0.29) is 5.69 Å². The van der Waals surface area contributed by atoms with Crippen LogP contribution < -0.4 is 4.74 Å². The van der Waals surface area contributed by atoms with E-state index in [2.05, 4.69) is 15.4 Å². The van der Waals surface area contributed by atoms with Crippen molar-refractivity contribution in [2.75, 3.05) is 6.61 Å². The molecule has 1 fully saturated rings. The van der Waals surface area contributed by atoms with Gasteiger partial charge in [-0.05, 0) is 54.7 Å². The van der Waals surface area contributed by atoms with Gasteiger partial charge in [0.25, 0.3) is 0 Å². The van der Waals surface area contributed by atoms with Gasteiger partial charge in [0, 0.05) is 15.5 Å². The topological polar surface area (TPSA) is 125 Å². The van der Waals surface area contributed by atoms with E-state index in [9.17, 15) is 23.1 Å². The number of benzene rings is 2. The summed E-state index contributed by atoms with van der Waals surface area (Å²) in [6, 6.07) is 13.5. The van der Waals surface area contributed by atoms with Crippen molar-refractivity contribution >= 4 is 35.3 Å². The summed E-state index contributed by atoms with van der Waals surface area (Å²) in [4.78, 5) is 21.0. The van der Waals surface area contributed by atoms with Crippen molar-refractivity contribution in [3.8, 4) is 16.9 Å². The molecule has 0 radical (unpaired) electrons. The molecule has 1 aliphatic rings. The molecule has 0 aliphatic heterocycles. The quantitative estimate of drug-likeness (QED) is 0.323. The van der Waals surface area contributed by atoms with Crippen LogP contribution in [-0.4, -0.2) is 50.3 Å². The summed E-state index contributed by atoms with van der Waals surface area (Å²) in [5.41, 5.74) is 1.90. The van der Waals surface area contributed by atoms with Crippen LogP contribution in [0.15, 0.2) is 52.4 Å². The second-order valence-electron chi connectivity index (χ2n) is 7.81. The van der Waals surface area contributed by atoms with Crippen LogP contribution in [0.4, 0.5) is 13.2 Å². The van der Waals surface area contributed by atoms with Gasteiger partial charge in [-0.1, -0.05) is 48.3 Å². The van der Waals surface area contributed by atoms with Crippen molar-refractivity contribution < 1.29 is 37.7 Å². The summed E-state index contributed by atoms with van der Waals surface area (Å²) in [6.07, 6.45) is -0.159. The average Bonchev–Trinajstić information content (AvgIpc) is 3.50. The summed E-state index contributed by atoms with van der Waals surface area (Å²) < 4.78 is 38.0. The Kier molecular flexibility index (Phi) is 9.21. The third kappa shape index (κ3) is 7.62. The number of nitrogens with one attached hydrogen (secondary N) is 1. The van der Waals surface area contributed by atoms with Crippen molar-refractivity contribution in [2.45, 2.75) is 41.8 Å². The summed E-state index contributed by atoms with van der Waals surface area (Å²) in [6.45, 7) is 0.680. The predicted octanol–water partition coefficient (Wildman–Crippen LogP) is 6.18. The highest BCUT2D eigenvalue weighted by molar-refractivity contribution is 7.99. The van der Waals surface area contributed by atoms with Crippen LogP contribution in [-0.2, 0) is 4.79 Å². The highest BCUT2D eigenvalue weighted by Gasteiger charge is 2.38. The van der Waals surface area contributed by atoms with Crippen LogP contribution in [0.1, 0.15) is 36.2 Å². The first-order valence-corrected chi connectivity index (χ1v) is 11.9. The fourth-order valence-corrected chi connectivity index (χ4v) is 4.45. The summed E-state index contributed by atoms with van der Waals surface area (Å²) in [5.74, 6) is -2.52. The fraction of sp³-hybridized carbons (Fsp3) is 0.304. The number of aromatic amines is 1. The molecule has 3 aromatic rings. The van der Waals surface area contributed by atoms with Gasteiger partial charge < -0.3 is 14.9 Å². The minimum Gasteiger partial charge on any atom is -0.493 e. The van der Waals surface area contributed by atoms with E-state index >= 15 is 0 Å². The van der Waals surface area contributed by atoms with Crippen LogP contribution >= 0.6 is 23.4 Å². The van der Waals surface area contributed by atoms with Crippen molar-refractivity contribution in [3.63, 3.8) is 0 Å². The lowest BCUT2D eigenvalue weighted by atomic mass is 10.0. The summed E-state index contributed by atoms with van der Waals surface area (Å²) >= 11 is 7.27. The van der Waals surface area contributed by atoms with Gasteiger partial charge in [0.1, 0.15) is 5.75 Å². The van der Waals surface area contributed by atoms with Crippen molar-refractivity contribution in [2.24, 2.45) is 5.92 Å². The maximum absolute atomic E-state index is 11.3. The van der Waals surface area contributed by atoms with Gasteiger partial charge >= 0.3 is 18.1 Å². The van der Waals surface area contributed by atoms with E-state index in [1.807, 2.05) is 42.5 Å². The largest absolute Gasteiger partial charge is 0.493 e. The number of rotatable bonds is 7. The molecule has 0 atom stereocenters. The first-order valence-electron chi connectivity index (χ1n) is 10.7. The Morgan fingerprint density at radius 3 is 2.31 bits per heavy atom. The molecule has 1 heterocycles. The lowest BCUT2D eigenvalue weighted by Gasteiger charge is -2.16. The third-order valence-electron chi connectivity index (χ3n) is 5.23. The van der Waals surface area contributed by atoms with Crippen LogP contribution in [0.25, 0.3) is 11.1 Å². The molecule has 1 aliphatic carbocycles. The summed E-state index contributed by atoms with van der Waals surface area (Å²) in [5, 5.41) is 27.4. The minimum atomic E-state index is -5.08. The lowest BCUT2D eigenvalue weighted by molar-refractivity contribution is -0.192. The SMILES string of the molecule is O=C(O)C(F)(F)F.O=C(O)c1n[nH]nc1Sc1ccc(-c2ccc(Cl)cc2)c(OCC2CCCC2)c1. The van der Waals surface area contributed by atoms with Gasteiger partial charge in [0.15, 0.2) is 5.03 Å². The van der Waals surface area contributed by atoms with E-state index in [0.717, 1.165) is 21.8 Å². The standard InChI is InChI=1S/C21H20ClN3O3S.C2HF3O2/c22-15-7-5-14(6-8-15)17-10-9-16(29-20-19(21(26)27)23-25-24-20)11-18(17)28-12-13-3-1-2-4-13;3-2(4,5)1(6)7/h5-11,13H,1-4,12H2,(H,26,27)(H,23,24,25);(H,6,7). The Morgan fingerprint density at radius 2 is 1.72 bits per heavy atom. The van der Waals surface area contributed by atoms with Crippen molar-refractivity contribution in [1.29, 1.82) is 0 Å². The first kappa shape index (κ1) is 27.3. The lowest BCUT2D eigenvalue weighted by Crippen LogP contribution is -2.21. The van der Waals surface area contributed by atoms with Gasteiger partial charge in [-0.3, -0.25) is 0 Å². The molecule has 0 unspecified atom stereocenters. The van der Waals surface area contributed by atoms with Gasteiger partial charge in [-0.15, -0.1) is 10.2 Å². The number of hydrogen-bond acceptors (Lipinski definition) is 6. The van der Waals surface area contributed by atoms with Gasteiger partial charge in [0.05, 0.1) is 6.61 Å². The number of aromatic nitrogens is 3. The van der Waals surface area contributed by atoms with Crippen LogP contribution in [0.5, 0.6) is 5.75 Å². The van der Waals surface area contributed by atoms with Gasteiger partial charge in [-0.2, -0.15) is 18.4 Å². The molecule has 36 heavy (non-hydrogen) atoms. The number of nitrogens with zero attached hydrogens (tertiary/aromatic N) is 2. The smallest absolute Gasteiger partial charge is 0.490 e. The monoisotopic (exact) mass is 543 g/mol. The molecular formula is C23H21ClF3N3O5S. The maximum atomic E-state index is 11.3. The van der Waals surface area contributed by atoms with Crippen LogP contribution in [0.3, 0.4) is 0 Å². The zero-order valence-electron chi connectivity index (χ0n) is 18.6.